The third-order valence-electron chi connectivity index (χ3n) is 2.73. The molecule has 0 spiro atoms. The van der Waals surface area contributed by atoms with Crippen LogP contribution in [0, 0.1) is 10.1 Å². The van der Waals surface area contributed by atoms with E-state index in [9.17, 15) is 37.7 Å². The minimum atomic E-state index is -4.56. The molecule has 0 aliphatic rings. The van der Waals surface area contributed by atoms with E-state index in [1.54, 1.807) is 5.32 Å². The first kappa shape index (κ1) is 21.2. The number of nitrogens with one attached hydrogen (secondary N) is 2. The Kier molecular flexibility index (Phi) is 7.37. The zero-order valence-corrected chi connectivity index (χ0v) is 13.8. The molecule has 0 saturated carbocycles. The lowest BCUT2D eigenvalue weighted by Crippen LogP contribution is -2.41. The number of hydrogen-bond acceptors (Lipinski definition) is 6. The van der Waals surface area contributed by atoms with E-state index in [2.05, 4.69) is 5.32 Å². The first-order valence-corrected chi connectivity index (χ1v) is 7.79. The molecular formula is C13H13F3N4O5S. The van der Waals surface area contributed by atoms with Gasteiger partial charge in [0.1, 0.15) is 6.54 Å². The van der Waals surface area contributed by atoms with Crippen molar-refractivity contribution in [2.45, 2.75) is 11.1 Å². The minimum Gasteiger partial charge on any atom is -0.366 e. The van der Waals surface area contributed by atoms with Gasteiger partial charge in [-0.15, -0.1) is 11.8 Å². The highest BCUT2D eigenvalue weighted by molar-refractivity contribution is 8.00. The second-order valence-corrected chi connectivity index (χ2v) is 5.78. The van der Waals surface area contributed by atoms with Crippen molar-refractivity contribution in [3.63, 3.8) is 0 Å². The van der Waals surface area contributed by atoms with Gasteiger partial charge in [-0.1, -0.05) is 0 Å². The van der Waals surface area contributed by atoms with Gasteiger partial charge in [-0.05, 0) is 12.1 Å². The molecule has 1 rings (SSSR count). The number of nitro benzene ring substituents is 1. The number of thioether (sulfide) groups is 1. The average Bonchev–Trinajstić information content (AvgIpc) is 2.55. The van der Waals surface area contributed by atoms with E-state index >= 15 is 0 Å². The topological polar surface area (TPSA) is 144 Å². The fraction of sp³-hybridized carbons (Fsp3) is 0.308. The normalized spacial score (nSPS) is 10.9. The number of alkyl halides is 3. The highest BCUT2D eigenvalue weighted by atomic mass is 32.2. The molecule has 0 aliphatic carbocycles. The molecule has 1 aromatic rings. The summed E-state index contributed by atoms with van der Waals surface area (Å²) in [5, 5.41) is 14.7. The van der Waals surface area contributed by atoms with Gasteiger partial charge in [-0.3, -0.25) is 24.5 Å². The Hall–Kier alpha value is -2.83. The number of nitro groups is 1. The maximum absolute atomic E-state index is 11.9. The molecule has 4 N–H and O–H groups in total. The number of carbonyl (C=O) groups excluding carboxylic acids is 3. The van der Waals surface area contributed by atoms with Gasteiger partial charge >= 0.3 is 6.18 Å². The van der Waals surface area contributed by atoms with E-state index in [-0.39, 0.29) is 16.2 Å². The number of nitrogens with zero attached hydrogens (tertiary/aromatic N) is 1. The lowest BCUT2D eigenvalue weighted by atomic mass is 10.2. The number of primary amides is 1. The SMILES string of the molecule is NC(=O)c1ccc(SCC(=O)NCC(=O)NCC(F)(F)F)c([N+](=O)[O-])c1. The molecule has 26 heavy (non-hydrogen) atoms. The van der Waals surface area contributed by atoms with Crippen molar-refractivity contribution in [1.82, 2.24) is 10.6 Å². The number of benzene rings is 1. The van der Waals surface area contributed by atoms with Gasteiger partial charge in [0, 0.05) is 11.6 Å². The molecule has 13 heteroatoms. The average molecular weight is 394 g/mol. The molecule has 9 nitrogen and oxygen atoms in total. The summed E-state index contributed by atoms with van der Waals surface area (Å²) in [6.45, 7) is -2.19. The van der Waals surface area contributed by atoms with Crippen molar-refractivity contribution in [2.75, 3.05) is 18.8 Å². The van der Waals surface area contributed by atoms with Crippen molar-refractivity contribution in [3.05, 3.63) is 33.9 Å². The molecule has 1 aromatic carbocycles. The van der Waals surface area contributed by atoms with Crippen LogP contribution in [0.2, 0.25) is 0 Å². The first-order valence-electron chi connectivity index (χ1n) is 6.81. The summed E-state index contributed by atoms with van der Waals surface area (Å²) in [5.74, 6) is -2.93. The number of nitrogens with two attached hydrogens (primary N) is 1. The Morgan fingerprint density at radius 1 is 1.19 bits per heavy atom. The lowest BCUT2D eigenvalue weighted by molar-refractivity contribution is -0.387. The Labute approximate surface area is 148 Å². The molecular weight excluding hydrogens is 381 g/mol. The van der Waals surface area contributed by atoms with E-state index in [0.29, 0.717) is 0 Å². The summed E-state index contributed by atoms with van der Waals surface area (Å²) in [6.07, 6.45) is -4.56. The van der Waals surface area contributed by atoms with Crippen molar-refractivity contribution in [1.29, 1.82) is 0 Å². The van der Waals surface area contributed by atoms with Gasteiger partial charge in [-0.25, -0.2) is 0 Å². The molecule has 0 radical (unpaired) electrons. The summed E-state index contributed by atoms with van der Waals surface area (Å²) in [6, 6.07) is 3.46. The number of amides is 3. The molecule has 0 aliphatic heterocycles. The van der Waals surface area contributed by atoms with Crippen LogP contribution in [0.3, 0.4) is 0 Å². The van der Waals surface area contributed by atoms with E-state index in [1.807, 2.05) is 0 Å². The van der Waals surface area contributed by atoms with Crippen LogP contribution in [-0.4, -0.2) is 47.7 Å². The fourth-order valence-electron chi connectivity index (χ4n) is 1.57. The van der Waals surface area contributed by atoms with E-state index in [0.717, 1.165) is 17.8 Å². The van der Waals surface area contributed by atoms with Crippen LogP contribution in [0.4, 0.5) is 18.9 Å². The zero-order chi connectivity index (χ0) is 19.9. The van der Waals surface area contributed by atoms with Crippen LogP contribution in [0.25, 0.3) is 0 Å². The molecule has 142 valence electrons. The second-order valence-electron chi connectivity index (χ2n) is 4.76. The van der Waals surface area contributed by atoms with Crippen LogP contribution in [0.15, 0.2) is 23.1 Å². The molecule has 3 amide bonds. The highest BCUT2D eigenvalue weighted by Crippen LogP contribution is 2.29. The van der Waals surface area contributed by atoms with Crippen LogP contribution in [0.1, 0.15) is 10.4 Å². The second kappa shape index (κ2) is 9.03. The zero-order valence-electron chi connectivity index (χ0n) is 13.0. The van der Waals surface area contributed by atoms with Gasteiger partial charge in [-0.2, -0.15) is 13.2 Å². The summed E-state index contributed by atoms with van der Waals surface area (Å²) < 4.78 is 35.7. The Bertz CT molecular complexity index is 726. The summed E-state index contributed by atoms with van der Waals surface area (Å²) in [7, 11) is 0. The molecule has 0 bridgehead atoms. The third kappa shape index (κ3) is 7.38. The van der Waals surface area contributed by atoms with E-state index < -0.39 is 47.6 Å². The Morgan fingerprint density at radius 3 is 2.38 bits per heavy atom. The van der Waals surface area contributed by atoms with Gasteiger partial charge in [0.2, 0.25) is 17.7 Å². The summed E-state index contributed by atoms with van der Waals surface area (Å²) in [5.41, 5.74) is 4.53. The number of carbonyl (C=O) groups is 3. The first-order chi connectivity index (χ1) is 12.0. The molecule has 0 heterocycles. The maximum atomic E-state index is 11.9. The van der Waals surface area contributed by atoms with Crippen molar-refractivity contribution in [3.8, 4) is 0 Å². The molecule has 0 aromatic heterocycles. The van der Waals surface area contributed by atoms with Gasteiger partial charge in [0.05, 0.1) is 22.1 Å². The summed E-state index contributed by atoms with van der Waals surface area (Å²) >= 11 is 0.756. The van der Waals surface area contributed by atoms with Crippen LogP contribution < -0.4 is 16.4 Å². The van der Waals surface area contributed by atoms with Crippen LogP contribution in [0.5, 0.6) is 0 Å². The standard InChI is InChI=1S/C13H13F3N4O5S/c14-13(15,16)6-19-10(21)4-18-11(22)5-26-9-2-1-7(12(17)23)3-8(9)20(24)25/h1-3H,4-6H2,(H2,17,23)(H,18,22)(H,19,21). The number of rotatable bonds is 8. The predicted octanol–water partition coefficient (Wildman–Crippen LogP) is 0.580. The predicted molar refractivity (Wildman–Crippen MR) is 84.4 cm³/mol. The molecule has 0 fully saturated rings. The molecule has 0 unspecified atom stereocenters. The van der Waals surface area contributed by atoms with Crippen molar-refractivity contribution >= 4 is 35.2 Å². The largest absolute Gasteiger partial charge is 0.405 e. The molecule has 0 saturated heterocycles. The lowest BCUT2D eigenvalue weighted by Gasteiger charge is -2.09. The third-order valence-corrected chi connectivity index (χ3v) is 3.79. The Balaban J connectivity index is 2.56. The smallest absolute Gasteiger partial charge is 0.366 e. The molecule has 0 atom stereocenters. The summed E-state index contributed by atoms with van der Waals surface area (Å²) in [4.78, 5) is 44.1. The van der Waals surface area contributed by atoms with Gasteiger partial charge in [0.25, 0.3) is 5.69 Å². The quantitative estimate of drug-likeness (QED) is 0.334. The van der Waals surface area contributed by atoms with E-state index in [1.165, 1.54) is 12.1 Å². The van der Waals surface area contributed by atoms with Gasteiger partial charge < -0.3 is 16.4 Å². The van der Waals surface area contributed by atoms with Crippen LogP contribution in [-0.2, 0) is 9.59 Å². The monoisotopic (exact) mass is 394 g/mol. The number of hydrogen-bond donors (Lipinski definition) is 3. The highest BCUT2D eigenvalue weighted by Gasteiger charge is 2.27. The van der Waals surface area contributed by atoms with Crippen LogP contribution >= 0.6 is 11.8 Å². The van der Waals surface area contributed by atoms with Gasteiger partial charge in [0.15, 0.2) is 0 Å². The fourth-order valence-corrected chi connectivity index (χ4v) is 2.40. The van der Waals surface area contributed by atoms with Crippen molar-refractivity contribution < 1.29 is 32.5 Å². The minimum absolute atomic E-state index is 0.0770. The number of halogens is 3. The Morgan fingerprint density at radius 2 is 1.85 bits per heavy atom. The van der Waals surface area contributed by atoms with E-state index in [4.69, 9.17) is 5.73 Å². The van der Waals surface area contributed by atoms with Crippen molar-refractivity contribution in [2.24, 2.45) is 5.73 Å². The maximum Gasteiger partial charge on any atom is 0.405 e.